The zero-order valence-corrected chi connectivity index (χ0v) is 29.9. The molecule has 6 heteroatoms. The summed E-state index contributed by atoms with van der Waals surface area (Å²) in [7, 11) is 0. The molecule has 0 radical (unpaired) electrons. The Bertz CT molecular complexity index is 2380. The topological polar surface area (TPSA) is 46.4 Å². The molecule has 0 saturated heterocycles. The third kappa shape index (κ3) is 4.63. The highest BCUT2D eigenvalue weighted by Crippen LogP contribution is 2.53. The first-order valence-electron chi connectivity index (χ1n) is 16.8. The molecule has 0 spiro atoms. The Morgan fingerprint density at radius 1 is 0.500 bits per heavy atom. The molecule has 4 nitrogen and oxygen atoms in total. The third-order valence-electron chi connectivity index (χ3n) is 10.7. The van der Waals surface area contributed by atoms with Crippen LogP contribution in [0, 0.1) is 10.1 Å². The summed E-state index contributed by atoms with van der Waals surface area (Å²) in [4.78, 5) is 16.4. The van der Waals surface area contributed by atoms with Crippen molar-refractivity contribution in [2.75, 3.05) is 4.90 Å². The summed E-state index contributed by atoms with van der Waals surface area (Å²) in [6.07, 6.45) is 0. The molecular weight excluding hydrogens is 653 g/mol. The van der Waals surface area contributed by atoms with Crippen molar-refractivity contribution < 1.29 is 4.92 Å². The van der Waals surface area contributed by atoms with E-state index in [9.17, 15) is 10.1 Å². The summed E-state index contributed by atoms with van der Waals surface area (Å²) in [5.41, 5.74) is 14.9. The summed E-state index contributed by atoms with van der Waals surface area (Å²) in [5, 5.41) is 11.4. The van der Waals surface area contributed by atoms with Gasteiger partial charge in [0, 0.05) is 43.7 Å². The van der Waals surface area contributed by atoms with Gasteiger partial charge >= 0.3 is 5.00 Å². The molecule has 2 aromatic heterocycles. The Morgan fingerprint density at radius 2 is 0.960 bits per heavy atom. The van der Waals surface area contributed by atoms with Crippen molar-refractivity contribution in [3.05, 3.63) is 166 Å². The van der Waals surface area contributed by atoms with Crippen molar-refractivity contribution in [1.29, 1.82) is 0 Å². The smallest absolute Gasteiger partial charge is 0.310 e. The van der Waals surface area contributed by atoms with E-state index in [1.54, 1.807) is 17.4 Å². The van der Waals surface area contributed by atoms with Crippen molar-refractivity contribution in [3.63, 3.8) is 0 Å². The van der Waals surface area contributed by atoms with Gasteiger partial charge in [-0.15, -0.1) is 11.3 Å². The first kappa shape index (κ1) is 30.7. The van der Waals surface area contributed by atoms with E-state index in [2.05, 4.69) is 154 Å². The molecule has 2 aliphatic carbocycles. The summed E-state index contributed by atoms with van der Waals surface area (Å²) in [6.45, 7) is 9.33. The summed E-state index contributed by atoms with van der Waals surface area (Å²) in [5.74, 6) is 0. The van der Waals surface area contributed by atoms with Gasteiger partial charge in [0.25, 0.3) is 0 Å². The van der Waals surface area contributed by atoms with Gasteiger partial charge in [0.2, 0.25) is 0 Å². The van der Waals surface area contributed by atoms with Crippen molar-refractivity contribution in [1.82, 2.24) is 0 Å². The minimum absolute atomic E-state index is 0.112. The minimum atomic E-state index is -0.325. The summed E-state index contributed by atoms with van der Waals surface area (Å²) in [6, 6.07) is 47.9. The van der Waals surface area contributed by atoms with E-state index < -0.39 is 0 Å². The summed E-state index contributed by atoms with van der Waals surface area (Å²) < 4.78 is 0. The van der Waals surface area contributed by atoms with Crippen LogP contribution in [-0.2, 0) is 10.8 Å². The van der Waals surface area contributed by atoms with Crippen LogP contribution in [0.3, 0.4) is 0 Å². The Hall–Kier alpha value is -5.30. The molecule has 244 valence electrons. The number of nitro groups is 1. The molecule has 9 rings (SSSR count). The molecule has 0 bridgehead atoms. The quantitative estimate of drug-likeness (QED) is 0.129. The van der Waals surface area contributed by atoms with Gasteiger partial charge in [-0.25, -0.2) is 0 Å². The van der Waals surface area contributed by atoms with E-state index in [-0.39, 0.29) is 20.8 Å². The predicted molar refractivity (Wildman–Crippen MR) is 210 cm³/mol. The van der Waals surface area contributed by atoms with Crippen molar-refractivity contribution >= 4 is 44.7 Å². The zero-order valence-electron chi connectivity index (χ0n) is 28.2. The second kappa shape index (κ2) is 11.1. The van der Waals surface area contributed by atoms with Crippen molar-refractivity contribution in [2.45, 2.75) is 38.5 Å². The fraction of sp³-hybridized carbons (Fsp3) is 0.136. The van der Waals surface area contributed by atoms with E-state index in [1.807, 2.05) is 6.07 Å². The molecular formula is C44H34N2O2S2. The zero-order chi connectivity index (χ0) is 34.4. The van der Waals surface area contributed by atoms with Crippen LogP contribution in [0.25, 0.3) is 42.4 Å². The van der Waals surface area contributed by atoms with Gasteiger partial charge in [-0.3, -0.25) is 10.1 Å². The second-order valence-corrected chi connectivity index (χ2v) is 16.4. The molecule has 0 fully saturated rings. The van der Waals surface area contributed by atoms with Crippen LogP contribution < -0.4 is 4.90 Å². The first-order valence-corrected chi connectivity index (χ1v) is 18.5. The highest BCUT2D eigenvalue weighted by atomic mass is 32.1. The number of fused-ring (bicyclic) bond motifs is 6. The molecule has 2 aliphatic rings. The van der Waals surface area contributed by atoms with E-state index >= 15 is 0 Å². The van der Waals surface area contributed by atoms with E-state index in [0.717, 1.165) is 37.3 Å². The first-order chi connectivity index (χ1) is 24.1. The maximum atomic E-state index is 11.3. The molecule has 2 heterocycles. The Labute approximate surface area is 300 Å². The number of hydrogen-bond donors (Lipinski definition) is 0. The molecule has 0 amide bonds. The second-order valence-electron chi connectivity index (χ2n) is 14.2. The van der Waals surface area contributed by atoms with Gasteiger partial charge < -0.3 is 4.90 Å². The van der Waals surface area contributed by atoms with Gasteiger partial charge in [0.15, 0.2) is 0 Å². The van der Waals surface area contributed by atoms with Crippen LogP contribution in [-0.4, -0.2) is 4.92 Å². The van der Waals surface area contributed by atoms with Gasteiger partial charge in [-0.2, -0.15) is 0 Å². The standard InChI is InChI=1S/C44H34N2O2S2/c1-43(2)35-11-7-5-9-31(35)33-19-17-29(25-37(33)43)45(30-18-20-34-32-10-6-8-12-36(32)44(3,4)38(34)26-30)28-15-13-27(14-16-28)39-21-22-40(49-39)41-23-24-42(50-41)46(47)48/h5-26H,1-4H3. The normalized spacial score (nSPS) is 14.5. The summed E-state index contributed by atoms with van der Waals surface area (Å²) >= 11 is 2.88. The molecule has 0 unspecified atom stereocenters. The van der Waals surface area contributed by atoms with Gasteiger partial charge in [0.1, 0.15) is 0 Å². The number of nitrogens with zero attached hydrogens (tertiary/aromatic N) is 2. The average Bonchev–Trinajstić information content (AvgIpc) is 3.90. The van der Waals surface area contributed by atoms with Crippen molar-refractivity contribution in [2.24, 2.45) is 0 Å². The molecule has 0 N–H and O–H groups in total. The predicted octanol–water partition coefficient (Wildman–Crippen LogP) is 13.1. The average molecular weight is 687 g/mol. The van der Waals surface area contributed by atoms with E-state index in [1.165, 1.54) is 55.8 Å². The Kier molecular flexibility index (Phi) is 6.83. The third-order valence-corrected chi connectivity index (χ3v) is 13.0. The molecule has 0 atom stereocenters. The van der Waals surface area contributed by atoms with Gasteiger partial charge in [0.05, 0.1) is 9.80 Å². The Morgan fingerprint density at radius 3 is 1.50 bits per heavy atom. The number of hydrogen-bond acceptors (Lipinski definition) is 5. The lowest BCUT2D eigenvalue weighted by atomic mass is 9.82. The lowest BCUT2D eigenvalue weighted by Crippen LogP contribution is -2.18. The lowest BCUT2D eigenvalue weighted by Gasteiger charge is -2.30. The van der Waals surface area contributed by atoms with Crippen LogP contribution in [0.5, 0.6) is 0 Å². The van der Waals surface area contributed by atoms with Crippen LogP contribution in [0.4, 0.5) is 22.1 Å². The Balaban J connectivity index is 1.14. The monoisotopic (exact) mass is 686 g/mol. The van der Waals surface area contributed by atoms with Crippen molar-refractivity contribution in [3.8, 4) is 42.4 Å². The SMILES string of the molecule is CC1(C)c2ccccc2-c2ccc(N(c3ccc(-c4ccc(-c5ccc([N+](=O)[O-])s5)s4)cc3)c3ccc4c(c3)C(C)(C)c3ccccc3-4)cc21. The van der Waals surface area contributed by atoms with Crippen LogP contribution in [0.15, 0.2) is 133 Å². The van der Waals surface area contributed by atoms with Crippen LogP contribution in [0.1, 0.15) is 49.9 Å². The fourth-order valence-electron chi connectivity index (χ4n) is 8.07. The molecule has 5 aromatic carbocycles. The van der Waals surface area contributed by atoms with Crippen LogP contribution in [0.2, 0.25) is 0 Å². The lowest BCUT2D eigenvalue weighted by molar-refractivity contribution is -0.380. The molecule has 0 saturated carbocycles. The highest BCUT2D eigenvalue weighted by molar-refractivity contribution is 7.25. The van der Waals surface area contributed by atoms with Crippen LogP contribution >= 0.6 is 22.7 Å². The van der Waals surface area contributed by atoms with Gasteiger partial charge in [-0.1, -0.05) is 112 Å². The number of rotatable bonds is 6. The maximum absolute atomic E-state index is 11.3. The molecule has 50 heavy (non-hydrogen) atoms. The number of benzene rings is 5. The maximum Gasteiger partial charge on any atom is 0.324 e. The minimum Gasteiger partial charge on any atom is -0.310 e. The van der Waals surface area contributed by atoms with Gasteiger partial charge in [-0.05, 0) is 105 Å². The van der Waals surface area contributed by atoms with E-state index in [0.29, 0.717) is 0 Å². The number of thiophene rings is 2. The van der Waals surface area contributed by atoms with E-state index in [4.69, 9.17) is 0 Å². The molecule has 7 aromatic rings. The fourth-order valence-corrected chi connectivity index (χ4v) is 9.99. The number of anilines is 3. The largest absolute Gasteiger partial charge is 0.324 e. The highest BCUT2D eigenvalue weighted by Gasteiger charge is 2.37. The molecule has 0 aliphatic heterocycles.